The molecule has 0 saturated heterocycles. The summed E-state index contributed by atoms with van der Waals surface area (Å²) in [7, 11) is -0.0821. The van der Waals surface area contributed by atoms with E-state index in [-0.39, 0.29) is 0 Å². The first-order valence-corrected chi connectivity index (χ1v) is 15.3. The molecular weight excluding hydrogens is 407 g/mol. The van der Waals surface area contributed by atoms with Crippen molar-refractivity contribution in [1.82, 2.24) is 0 Å². The molecule has 2 aromatic carbocycles. The van der Waals surface area contributed by atoms with Gasteiger partial charge in [0.05, 0.1) is 0 Å². The number of methoxy groups -OCH3 is 1. The fourth-order valence-corrected chi connectivity index (χ4v) is 16.2. The second kappa shape index (κ2) is 9.89. The molecule has 0 spiro atoms. The predicted octanol–water partition coefficient (Wildman–Crippen LogP) is 8.51. The van der Waals surface area contributed by atoms with Gasteiger partial charge in [0, 0.05) is 0 Å². The Kier molecular flexibility index (Phi) is 7.36. The Morgan fingerprint density at radius 3 is 1.84 bits per heavy atom. The summed E-state index contributed by atoms with van der Waals surface area (Å²) in [4.78, 5) is 0. The molecular formula is C30H45OP. The van der Waals surface area contributed by atoms with Gasteiger partial charge >= 0.3 is 198 Å². The summed E-state index contributed by atoms with van der Waals surface area (Å²) in [6.45, 7) is 10.1. The zero-order valence-corrected chi connectivity index (χ0v) is 22.2. The van der Waals surface area contributed by atoms with E-state index in [9.17, 15) is 0 Å². The van der Waals surface area contributed by atoms with Crippen LogP contribution in [-0.4, -0.2) is 23.6 Å². The van der Waals surface area contributed by atoms with E-state index in [4.69, 9.17) is 4.74 Å². The van der Waals surface area contributed by atoms with Gasteiger partial charge in [-0.1, -0.05) is 0 Å². The zero-order chi connectivity index (χ0) is 22.8. The second-order valence-corrected chi connectivity index (χ2v) is 16.9. The summed E-state index contributed by atoms with van der Waals surface area (Å²) in [5, 5.41) is 2.07. The maximum atomic E-state index is 5.94. The molecule has 2 fully saturated rings. The third-order valence-electron chi connectivity index (χ3n) is 8.84. The van der Waals surface area contributed by atoms with Crippen LogP contribution >= 0.6 is 7.26 Å². The van der Waals surface area contributed by atoms with E-state index in [1.807, 2.05) is 7.11 Å². The summed E-state index contributed by atoms with van der Waals surface area (Å²) >= 11 is 0. The van der Waals surface area contributed by atoms with Crippen LogP contribution in [0, 0.1) is 6.92 Å². The van der Waals surface area contributed by atoms with Gasteiger partial charge in [-0.15, -0.1) is 0 Å². The average molecular weight is 453 g/mol. The summed E-state index contributed by atoms with van der Waals surface area (Å²) in [6.07, 6.45) is 14.4. The van der Waals surface area contributed by atoms with Gasteiger partial charge in [0.25, 0.3) is 0 Å². The van der Waals surface area contributed by atoms with Crippen molar-refractivity contribution in [3.05, 3.63) is 48.0 Å². The molecule has 2 saturated carbocycles. The molecule has 0 unspecified atom stereocenters. The minimum absolute atomic E-state index is 0.336. The molecule has 32 heavy (non-hydrogen) atoms. The van der Waals surface area contributed by atoms with Crippen molar-refractivity contribution in [3.63, 3.8) is 0 Å². The second-order valence-electron chi connectivity index (χ2n) is 11.5. The molecule has 176 valence electrons. The van der Waals surface area contributed by atoms with Gasteiger partial charge < -0.3 is 0 Å². The van der Waals surface area contributed by atoms with Gasteiger partial charge in [0.15, 0.2) is 0 Å². The number of ether oxygens (including phenoxy) is 1. The van der Waals surface area contributed by atoms with Gasteiger partial charge in [0.2, 0.25) is 0 Å². The van der Waals surface area contributed by atoms with Crippen LogP contribution in [-0.2, 0) is 0 Å². The summed E-state index contributed by atoms with van der Waals surface area (Å²) in [6, 6.07) is 16.1. The summed E-state index contributed by atoms with van der Waals surface area (Å²) < 4.78 is 5.94. The Labute approximate surface area is 197 Å². The first-order chi connectivity index (χ1) is 15.4. The van der Waals surface area contributed by atoms with Gasteiger partial charge in [-0.25, -0.2) is 0 Å². The Hall–Kier alpha value is -1.33. The van der Waals surface area contributed by atoms with E-state index < -0.39 is 7.26 Å². The SMILES string of the molecule is COc1cccc(C)c1-c1ccccc1[PH](C1CCCCC1)(C1CCCCC1)C(C)(C)C. The summed E-state index contributed by atoms with van der Waals surface area (Å²) in [5.74, 6) is 1.03. The van der Waals surface area contributed by atoms with Crippen molar-refractivity contribution in [1.29, 1.82) is 0 Å². The Morgan fingerprint density at radius 1 is 0.750 bits per heavy atom. The molecule has 0 amide bonds. The van der Waals surface area contributed by atoms with Crippen LogP contribution in [0.15, 0.2) is 42.5 Å². The van der Waals surface area contributed by atoms with Crippen molar-refractivity contribution < 1.29 is 4.74 Å². The van der Waals surface area contributed by atoms with Crippen molar-refractivity contribution in [2.75, 3.05) is 7.11 Å². The van der Waals surface area contributed by atoms with Crippen LogP contribution in [0.25, 0.3) is 11.1 Å². The molecule has 2 aromatic rings. The zero-order valence-electron chi connectivity index (χ0n) is 21.2. The van der Waals surface area contributed by atoms with Gasteiger partial charge in [0.1, 0.15) is 0 Å². The van der Waals surface area contributed by atoms with Crippen LogP contribution in [0.2, 0.25) is 0 Å². The van der Waals surface area contributed by atoms with E-state index in [1.165, 1.54) is 80.9 Å². The third kappa shape index (κ3) is 4.16. The molecule has 2 aliphatic rings. The molecule has 2 aliphatic carbocycles. The summed E-state index contributed by atoms with van der Waals surface area (Å²) in [5.41, 5.74) is 5.94. The molecule has 2 heteroatoms. The Balaban J connectivity index is 2.01. The van der Waals surface area contributed by atoms with Crippen LogP contribution < -0.4 is 10.0 Å². The molecule has 0 aliphatic heterocycles. The molecule has 0 radical (unpaired) electrons. The number of hydrogen-bond donors (Lipinski definition) is 0. The fourth-order valence-electron chi connectivity index (χ4n) is 7.74. The molecule has 0 aromatic heterocycles. The van der Waals surface area contributed by atoms with Crippen LogP contribution in [0.5, 0.6) is 5.75 Å². The monoisotopic (exact) mass is 452 g/mol. The Bertz CT molecular complexity index is 879. The molecule has 0 N–H and O–H groups in total. The number of hydrogen-bond acceptors (Lipinski definition) is 1. The standard InChI is InChI=1S/C30H45OP/c1-23-15-14-21-27(31-5)29(23)26-20-12-13-22-28(26)32(30(2,3)4,24-16-8-6-9-17-24)25-18-10-7-11-19-25/h12-15,20-22,24-25,32H,6-11,16-19H2,1-5H3. The average Bonchev–Trinajstić information content (AvgIpc) is 2.80. The van der Waals surface area contributed by atoms with Crippen LogP contribution in [0.4, 0.5) is 0 Å². The maximum absolute atomic E-state index is 5.94. The van der Waals surface area contributed by atoms with Crippen molar-refractivity contribution in [3.8, 4) is 16.9 Å². The third-order valence-corrected chi connectivity index (χ3v) is 16.4. The van der Waals surface area contributed by atoms with Gasteiger partial charge in [-0.3, -0.25) is 0 Å². The topological polar surface area (TPSA) is 9.23 Å². The quantitative estimate of drug-likeness (QED) is 0.413. The molecule has 0 bridgehead atoms. The van der Waals surface area contributed by atoms with Crippen LogP contribution in [0.1, 0.15) is 90.5 Å². The normalized spacial score (nSPS) is 19.7. The molecule has 0 heterocycles. The van der Waals surface area contributed by atoms with Crippen LogP contribution in [0.3, 0.4) is 0 Å². The first-order valence-electron chi connectivity index (χ1n) is 13.1. The number of aryl methyl sites for hydroxylation is 1. The van der Waals surface area contributed by atoms with E-state index in [0.717, 1.165) is 17.1 Å². The molecule has 0 atom stereocenters. The van der Waals surface area contributed by atoms with E-state index in [1.54, 1.807) is 5.30 Å². The van der Waals surface area contributed by atoms with Gasteiger partial charge in [-0.05, 0) is 0 Å². The van der Waals surface area contributed by atoms with E-state index in [0.29, 0.717) is 5.16 Å². The minimum atomic E-state index is -1.91. The number of benzene rings is 2. The van der Waals surface area contributed by atoms with Gasteiger partial charge in [-0.2, -0.15) is 0 Å². The van der Waals surface area contributed by atoms with E-state index in [2.05, 4.69) is 70.2 Å². The predicted molar refractivity (Wildman–Crippen MR) is 145 cm³/mol. The van der Waals surface area contributed by atoms with Crippen molar-refractivity contribution >= 4 is 12.6 Å². The molecule has 4 rings (SSSR count). The first kappa shape index (κ1) is 23.8. The van der Waals surface area contributed by atoms with Crippen molar-refractivity contribution in [2.45, 2.75) is 108 Å². The van der Waals surface area contributed by atoms with E-state index >= 15 is 0 Å². The Morgan fingerprint density at radius 2 is 1.31 bits per heavy atom. The fraction of sp³-hybridized carbons (Fsp3) is 0.600. The number of rotatable bonds is 5. The van der Waals surface area contributed by atoms with Crippen molar-refractivity contribution in [2.24, 2.45) is 0 Å². The molecule has 1 nitrogen and oxygen atoms in total.